The number of nitrogens with one attached hydrogen (secondary N) is 1. The van der Waals surface area contributed by atoms with Crippen molar-refractivity contribution in [3.05, 3.63) is 60.2 Å². The second kappa shape index (κ2) is 9.45. The number of hydrogen-bond donors (Lipinski definition) is 1. The molecular weight excluding hydrogens is 320 g/mol. The van der Waals surface area contributed by atoms with Gasteiger partial charge in [-0.1, -0.05) is 54.6 Å². The molecule has 0 radical (unpaired) electrons. The summed E-state index contributed by atoms with van der Waals surface area (Å²) in [6, 6.07) is 19.1. The highest BCUT2D eigenvalue weighted by Gasteiger charge is 2.18. The van der Waals surface area contributed by atoms with Gasteiger partial charge in [-0.3, -0.25) is 4.79 Å². The highest BCUT2D eigenvalue weighted by Crippen LogP contribution is 2.19. The van der Waals surface area contributed by atoms with Crippen molar-refractivity contribution < 1.29 is 4.79 Å². The Bertz CT molecular complexity index is 628. The molecule has 128 valence electrons. The average Bonchev–Trinajstić information content (AvgIpc) is 3.01. The predicted octanol–water partition coefficient (Wildman–Crippen LogP) is 3.88. The summed E-state index contributed by atoms with van der Waals surface area (Å²) in [5, 5.41) is 3.46. The molecule has 0 aromatic heterocycles. The maximum absolute atomic E-state index is 11.5. The van der Waals surface area contributed by atoms with Crippen LogP contribution in [-0.4, -0.2) is 30.4 Å². The van der Waals surface area contributed by atoms with Crippen LogP contribution < -0.4 is 5.32 Å². The molecule has 1 aliphatic heterocycles. The van der Waals surface area contributed by atoms with Gasteiger partial charge in [0.15, 0.2) is 0 Å². The van der Waals surface area contributed by atoms with E-state index in [0.29, 0.717) is 5.91 Å². The van der Waals surface area contributed by atoms with Crippen molar-refractivity contribution >= 4 is 18.3 Å². The third-order valence-electron chi connectivity index (χ3n) is 4.34. The van der Waals surface area contributed by atoms with Crippen LogP contribution in [0.15, 0.2) is 54.6 Å². The van der Waals surface area contributed by atoms with Crippen LogP contribution in [0.2, 0.25) is 0 Å². The summed E-state index contributed by atoms with van der Waals surface area (Å²) < 4.78 is 0. The molecule has 3 rings (SSSR count). The minimum absolute atomic E-state index is 0. The fraction of sp³-hybridized carbons (Fsp3) is 0.350. The topological polar surface area (TPSA) is 32.3 Å². The molecule has 1 amide bonds. The monoisotopic (exact) mass is 344 g/mol. The lowest BCUT2D eigenvalue weighted by Gasteiger charge is -2.15. The summed E-state index contributed by atoms with van der Waals surface area (Å²) in [4.78, 5) is 13.5. The van der Waals surface area contributed by atoms with Crippen LogP contribution in [0.5, 0.6) is 0 Å². The molecule has 0 aliphatic carbocycles. The molecule has 1 aliphatic rings. The van der Waals surface area contributed by atoms with Gasteiger partial charge in [0.2, 0.25) is 5.91 Å². The molecule has 0 bridgehead atoms. The number of amides is 1. The zero-order chi connectivity index (χ0) is 15.9. The number of rotatable bonds is 7. The van der Waals surface area contributed by atoms with E-state index in [4.69, 9.17) is 0 Å². The second-order valence-electron chi connectivity index (χ2n) is 6.08. The van der Waals surface area contributed by atoms with Gasteiger partial charge in [-0.05, 0) is 36.1 Å². The van der Waals surface area contributed by atoms with Crippen LogP contribution in [0.1, 0.15) is 24.8 Å². The highest BCUT2D eigenvalue weighted by atomic mass is 35.5. The summed E-state index contributed by atoms with van der Waals surface area (Å²) in [6.45, 7) is 3.66. The van der Waals surface area contributed by atoms with Gasteiger partial charge in [-0.15, -0.1) is 12.4 Å². The van der Waals surface area contributed by atoms with Crippen molar-refractivity contribution in [3.63, 3.8) is 0 Å². The Kier molecular flexibility index (Phi) is 7.29. The summed E-state index contributed by atoms with van der Waals surface area (Å²) in [5.74, 6) is 0.321. The SMILES string of the molecule is Cl.O=C1CCCN1CCCNCc1ccc(-c2ccccc2)cc1. The Labute approximate surface area is 150 Å². The van der Waals surface area contributed by atoms with Crippen molar-refractivity contribution in [3.8, 4) is 11.1 Å². The lowest BCUT2D eigenvalue weighted by Crippen LogP contribution is -2.28. The third kappa shape index (κ3) is 5.08. The van der Waals surface area contributed by atoms with Crippen molar-refractivity contribution in [2.24, 2.45) is 0 Å². The number of halogens is 1. The largest absolute Gasteiger partial charge is 0.343 e. The molecule has 1 heterocycles. The molecule has 24 heavy (non-hydrogen) atoms. The van der Waals surface area contributed by atoms with Gasteiger partial charge in [0.1, 0.15) is 0 Å². The zero-order valence-electron chi connectivity index (χ0n) is 13.9. The number of likely N-dealkylation sites (tertiary alicyclic amines) is 1. The summed E-state index contributed by atoms with van der Waals surface area (Å²) in [6.07, 6.45) is 2.79. The number of carbonyl (C=O) groups is 1. The van der Waals surface area contributed by atoms with Gasteiger partial charge in [0, 0.05) is 26.1 Å². The standard InChI is InChI=1S/C20H24N2O.ClH/c23-20-8-4-14-22(20)15-5-13-21-16-17-9-11-19(12-10-17)18-6-2-1-3-7-18;/h1-3,6-7,9-12,21H,4-5,8,13-16H2;1H. The first-order valence-electron chi connectivity index (χ1n) is 8.46. The fourth-order valence-corrected chi connectivity index (χ4v) is 3.01. The predicted molar refractivity (Wildman–Crippen MR) is 101 cm³/mol. The van der Waals surface area contributed by atoms with E-state index in [0.717, 1.165) is 45.4 Å². The van der Waals surface area contributed by atoms with Gasteiger partial charge < -0.3 is 10.2 Å². The normalized spacial score (nSPS) is 13.8. The molecule has 0 spiro atoms. The highest BCUT2D eigenvalue weighted by molar-refractivity contribution is 5.85. The third-order valence-corrected chi connectivity index (χ3v) is 4.34. The lowest BCUT2D eigenvalue weighted by molar-refractivity contribution is -0.127. The second-order valence-corrected chi connectivity index (χ2v) is 6.08. The Morgan fingerprint density at radius 3 is 2.33 bits per heavy atom. The van der Waals surface area contributed by atoms with E-state index in [9.17, 15) is 4.79 Å². The number of nitrogens with zero attached hydrogens (tertiary/aromatic N) is 1. The zero-order valence-corrected chi connectivity index (χ0v) is 14.7. The molecule has 2 aromatic rings. The van der Waals surface area contributed by atoms with E-state index < -0.39 is 0 Å². The number of hydrogen-bond acceptors (Lipinski definition) is 2. The van der Waals surface area contributed by atoms with Crippen LogP contribution in [0.4, 0.5) is 0 Å². The Balaban J connectivity index is 0.00000208. The van der Waals surface area contributed by atoms with Gasteiger partial charge in [-0.2, -0.15) is 0 Å². The average molecular weight is 345 g/mol. The van der Waals surface area contributed by atoms with Gasteiger partial charge in [-0.25, -0.2) is 0 Å². The molecule has 0 unspecified atom stereocenters. The van der Waals surface area contributed by atoms with Gasteiger partial charge in [0.25, 0.3) is 0 Å². The Morgan fingerprint density at radius 1 is 0.958 bits per heavy atom. The van der Waals surface area contributed by atoms with Crippen molar-refractivity contribution in [1.82, 2.24) is 10.2 Å². The maximum atomic E-state index is 11.5. The quantitative estimate of drug-likeness (QED) is 0.773. The molecule has 3 nitrogen and oxygen atoms in total. The molecule has 0 saturated carbocycles. The molecule has 4 heteroatoms. The molecular formula is C20H25ClN2O. The van der Waals surface area contributed by atoms with Crippen LogP contribution >= 0.6 is 12.4 Å². The van der Waals surface area contributed by atoms with E-state index in [2.05, 4.69) is 53.8 Å². The fourth-order valence-electron chi connectivity index (χ4n) is 3.01. The van der Waals surface area contributed by atoms with Gasteiger partial charge >= 0.3 is 0 Å². The summed E-state index contributed by atoms with van der Waals surface area (Å²) in [7, 11) is 0. The van der Waals surface area contributed by atoms with E-state index in [1.54, 1.807) is 0 Å². The first-order chi connectivity index (χ1) is 11.3. The molecule has 1 saturated heterocycles. The molecule has 0 atom stereocenters. The first-order valence-corrected chi connectivity index (χ1v) is 8.46. The Morgan fingerprint density at radius 2 is 1.67 bits per heavy atom. The molecule has 1 N–H and O–H groups in total. The maximum Gasteiger partial charge on any atom is 0.222 e. The smallest absolute Gasteiger partial charge is 0.222 e. The van der Waals surface area contributed by atoms with E-state index in [1.807, 2.05) is 11.0 Å². The van der Waals surface area contributed by atoms with Crippen molar-refractivity contribution in [1.29, 1.82) is 0 Å². The molecule has 1 fully saturated rings. The van der Waals surface area contributed by atoms with Crippen LogP contribution in [0.3, 0.4) is 0 Å². The summed E-state index contributed by atoms with van der Waals surface area (Å²) in [5.41, 5.74) is 3.80. The van der Waals surface area contributed by atoms with Gasteiger partial charge in [0.05, 0.1) is 0 Å². The van der Waals surface area contributed by atoms with Crippen molar-refractivity contribution in [2.45, 2.75) is 25.8 Å². The first kappa shape index (κ1) is 18.5. The van der Waals surface area contributed by atoms with E-state index in [1.165, 1.54) is 16.7 Å². The van der Waals surface area contributed by atoms with E-state index >= 15 is 0 Å². The van der Waals surface area contributed by atoms with Crippen LogP contribution in [-0.2, 0) is 11.3 Å². The summed E-state index contributed by atoms with van der Waals surface area (Å²) >= 11 is 0. The molecule has 2 aromatic carbocycles. The minimum atomic E-state index is 0. The lowest BCUT2D eigenvalue weighted by atomic mass is 10.0. The number of carbonyl (C=O) groups excluding carboxylic acids is 1. The van der Waals surface area contributed by atoms with Crippen molar-refractivity contribution in [2.75, 3.05) is 19.6 Å². The number of benzene rings is 2. The van der Waals surface area contributed by atoms with Crippen LogP contribution in [0.25, 0.3) is 11.1 Å². The minimum Gasteiger partial charge on any atom is -0.343 e. The van der Waals surface area contributed by atoms with E-state index in [-0.39, 0.29) is 12.4 Å². The van der Waals surface area contributed by atoms with Crippen LogP contribution in [0, 0.1) is 0 Å². The Hall–Kier alpha value is -1.84.